The quantitative estimate of drug-likeness (QED) is 0.504. The average Bonchev–Trinajstić information content (AvgIpc) is 1.35. The van der Waals surface area contributed by atoms with Crippen molar-refractivity contribution in [1.29, 1.82) is 0 Å². The van der Waals surface area contributed by atoms with Crippen LogP contribution >= 0.6 is 11.9 Å². The maximum absolute atomic E-state index is 9.39. The van der Waals surface area contributed by atoms with Gasteiger partial charge in [-0.3, -0.25) is 4.29 Å². The van der Waals surface area contributed by atoms with E-state index in [0.29, 0.717) is 0 Å². The van der Waals surface area contributed by atoms with Gasteiger partial charge >= 0.3 is 5.97 Å². The minimum Gasteiger partial charge on any atom is -0.479 e. The van der Waals surface area contributed by atoms with Gasteiger partial charge in [-0.2, -0.15) is 0 Å². The zero-order valence-corrected chi connectivity index (χ0v) is 3.60. The molecule has 3 nitrogen and oxygen atoms in total. The number of aliphatic carboxylic acids is 1. The smallest absolute Gasteiger partial charge is 0.331 e. The summed E-state index contributed by atoms with van der Waals surface area (Å²) >= 11 is 4.52. The third-order valence-electron chi connectivity index (χ3n) is 0.178. The highest BCUT2D eigenvalue weighted by molar-refractivity contribution is 6.08. The van der Waals surface area contributed by atoms with Crippen LogP contribution < -0.4 is 0 Å². The van der Waals surface area contributed by atoms with Gasteiger partial charge in [0, 0.05) is 0 Å². The van der Waals surface area contributed by atoms with Crippen molar-refractivity contribution in [2.24, 2.45) is 0 Å². The Kier molecular flexibility index (Phi) is 9.18. The molecule has 0 atom stereocenters. The Hall–Kier alpha value is 0.252. The minimum atomic E-state index is -1.06. The Bertz CT molecular complexity index is 56.9. The summed E-state index contributed by atoms with van der Waals surface area (Å²) < 4.78 is 3.68. The number of rotatable bonds is 2. The summed E-state index contributed by atoms with van der Waals surface area (Å²) in [5.41, 5.74) is 0. The Morgan fingerprint density at radius 1 is 1.86 bits per heavy atom. The van der Waals surface area contributed by atoms with Crippen LogP contribution in [0.1, 0.15) is 0 Å². The Balaban J connectivity index is 0. The topological polar surface area (TPSA) is 46.5 Å². The van der Waals surface area contributed by atoms with Gasteiger partial charge in [0.15, 0.2) is 24.0 Å². The summed E-state index contributed by atoms with van der Waals surface area (Å²) in [5.74, 6) is -1.06. The van der Waals surface area contributed by atoms with Crippen LogP contribution in [-0.4, -0.2) is 35.0 Å². The maximum atomic E-state index is 9.39. The summed E-state index contributed by atoms with van der Waals surface area (Å²) in [5, 5.41) is 7.70. The molecule has 0 aliphatic heterocycles. The molecular weight excluding hydrogens is 134 g/mol. The van der Waals surface area contributed by atoms with Crippen molar-refractivity contribution in [3.05, 3.63) is 0 Å². The monoisotopic (exact) mass is 140 g/mol. The van der Waals surface area contributed by atoms with Crippen LogP contribution in [0, 0.1) is 0 Å². The van der Waals surface area contributed by atoms with Crippen molar-refractivity contribution in [3.63, 3.8) is 0 Å². The Morgan fingerprint density at radius 3 is 2.29 bits per heavy atom. The zero-order chi connectivity index (χ0) is 4.99. The maximum Gasteiger partial charge on any atom is 0.331 e. The van der Waals surface area contributed by atoms with Crippen LogP contribution in [0.15, 0.2) is 0 Å². The predicted molar refractivity (Wildman–Crippen MR) is 29.4 cm³/mol. The molecule has 0 aromatic heterocycles. The summed E-state index contributed by atoms with van der Waals surface area (Å²) in [6, 6.07) is 0. The first kappa shape index (κ1) is 10.3. The standard InChI is InChI=1S/C2H3ClO3.Al.3H/c3-6-1-2(4)5;;;;/h1H2,(H,4,5);;;;. The van der Waals surface area contributed by atoms with Crippen molar-refractivity contribution in [2.45, 2.75) is 0 Å². The molecule has 0 aromatic carbocycles. The second kappa shape index (κ2) is 6.25. The van der Waals surface area contributed by atoms with Crippen molar-refractivity contribution in [2.75, 3.05) is 6.61 Å². The fourth-order valence-corrected chi connectivity index (χ4v) is 0.140. The van der Waals surface area contributed by atoms with E-state index >= 15 is 0 Å². The van der Waals surface area contributed by atoms with E-state index in [1.807, 2.05) is 0 Å². The Labute approximate surface area is 56.5 Å². The van der Waals surface area contributed by atoms with Gasteiger partial charge in [-0.05, 0) is 0 Å². The van der Waals surface area contributed by atoms with E-state index in [2.05, 4.69) is 16.2 Å². The number of carboxylic acid groups (broad SMARTS) is 1. The van der Waals surface area contributed by atoms with Gasteiger partial charge in [-0.1, -0.05) is 0 Å². The van der Waals surface area contributed by atoms with E-state index in [1.54, 1.807) is 0 Å². The molecule has 0 heterocycles. The highest BCUT2D eigenvalue weighted by Gasteiger charge is 1.89. The van der Waals surface area contributed by atoms with Gasteiger partial charge in [0.2, 0.25) is 0 Å². The normalized spacial score (nSPS) is 7.00. The summed E-state index contributed by atoms with van der Waals surface area (Å²) in [7, 11) is 0. The lowest BCUT2D eigenvalue weighted by molar-refractivity contribution is -0.139. The molecule has 42 valence electrons. The molecule has 0 aromatic rings. The summed E-state index contributed by atoms with van der Waals surface area (Å²) in [4.78, 5) is 9.39. The van der Waals surface area contributed by atoms with Crippen molar-refractivity contribution < 1.29 is 14.2 Å². The highest BCUT2D eigenvalue weighted by atomic mass is 35.5. The van der Waals surface area contributed by atoms with Crippen LogP contribution in [0.5, 0.6) is 0 Å². The molecule has 0 saturated heterocycles. The molecule has 0 radical (unpaired) electrons. The fourth-order valence-electron chi connectivity index (χ4n) is 0.0467. The van der Waals surface area contributed by atoms with Gasteiger partial charge in [0.25, 0.3) is 0 Å². The predicted octanol–water partition coefficient (Wildman–Crippen LogP) is -0.943. The van der Waals surface area contributed by atoms with Gasteiger partial charge < -0.3 is 5.11 Å². The van der Waals surface area contributed by atoms with E-state index < -0.39 is 12.6 Å². The molecular formula is C2H6AlClO3. The van der Waals surface area contributed by atoms with Crippen LogP contribution in [-0.2, 0) is 9.08 Å². The van der Waals surface area contributed by atoms with E-state index in [1.165, 1.54) is 0 Å². The molecule has 0 saturated carbocycles. The van der Waals surface area contributed by atoms with Crippen LogP contribution in [0.25, 0.3) is 0 Å². The third-order valence-corrected chi connectivity index (χ3v) is 0.287. The number of carboxylic acids is 1. The zero-order valence-electron chi connectivity index (χ0n) is 2.85. The number of halogens is 1. The SMILES string of the molecule is O=C(O)COCl.[AlH3]. The minimum absolute atomic E-state index is 0. The first-order valence-electron chi connectivity index (χ1n) is 1.22. The molecule has 0 spiro atoms. The molecule has 0 fully saturated rings. The molecule has 0 aliphatic carbocycles. The second-order valence-corrected chi connectivity index (χ2v) is 0.865. The van der Waals surface area contributed by atoms with Crippen LogP contribution in [0.2, 0.25) is 0 Å². The van der Waals surface area contributed by atoms with Gasteiger partial charge in [-0.25, -0.2) is 4.79 Å². The average molecular weight is 141 g/mol. The number of hydrogen-bond acceptors (Lipinski definition) is 2. The lowest BCUT2D eigenvalue weighted by atomic mass is 10.8. The van der Waals surface area contributed by atoms with Crippen molar-refractivity contribution in [1.82, 2.24) is 0 Å². The molecule has 0 amide bonds. The van der Waals surface area contributed by atoms with Crippen molar-refractivity contribution >= 4 is 35.2 Å². The van der Waals surface area contributed by atoms with E-state index in [4.69, 9.17) is 5.11 Å². The molecule has 0 unspecified atom stereocenters. The number of hydrogen-bond donors (Lipinski definition) is 1. The second-order valence-electron chi connectivity index (χ2n) is 0.647. The lowest BCUT2D eigenvalue weighted by Crippen LogP contribution is -2.00. The van der Waals surface area contributed by atoms with Gasteiger partial charge in [0.05, 0.1) is 11.9 Å². The molecule has 0 bridgehead atoms. The van der Waals surface area contributed by atoms with E-state index in [-0.39, 0.29) is 17.4 Å². The summed E-state index contributed by atoms with van der Waals surface area (Å²) in [6.07, 6.45) is 0. The Morgan fingerprint density at radius 2 is 2.29 bits per heavy atom. The van der Waals surface area contributed by atoms with Crippen molar-refractivity contribution in [3.8, 4) is 0 Å². The lowest BCUT2D eigenvalue weighted by Gasteiger charge is -1.80. The fraction of sp³-hybridized carbons (Fsp3) is 0.500. The largest absolute Gasteiger partial charge is 0.479 e. The molecule has 7 heavy (non-hydrogen) atoms. The molecule has 0 rings (SSSR count). The van der Waals surface area contributed by atoms with E-state index in [0.717, 1.165) is 0 Å². The van der Waals surface area contributed by atoms with Crippen LogP contribution in [0.3, 0.4) is 0 Å². The molecule has 5 heteroatoms. The summed E-state index contributed by atoms with van der Waals surface area (Å²) in [6.45, 7) is -0.443. The first-order valence-corrected chi connectivity index (χ1v) is 1.53. The number of carbonyl (C=O) groups is 1. The highest BCUT2D eigenvalue weighted by Crippen LogP contribution is 1.75. The van der Waals surface area contributed by atoms with Crippen LogP contribution in [0.4, 0.5) is 0 Å². The molecule has 0 aliphatic rings. The molecule has 1 N–H and O–H groups in total. The van der Waals surface area contributed by atoms with E-state index in [9.17, 15) is 4.79 Å². The third kappa shape index (κ3) is 10.7. The van der Waals surface area contributed by atoms with Gasteiger partial charge in [0.1, 0.15) is 0 Å². The van der Waals surface area contributed by atoms with Gasteiger partial charge in [-0.15, -0.1) is 0 Å². The first-order chi connectivity index (χ1) is 2.77.